The van der Waals surface area contributed by atoms with Crippen LogP contribution in [0.5, 0.6) is 0 Å². The van der Waals surface area contributed by atoms with Crippen LogP contribution in [0.25, 0.3) is 0 Å². The monoisotopic (exact) mass is 417 g/mol. The van der Waals surface area contributed by atoms with E-state index in [2.05, 4.69) is 4.72 Å². The minimum absolute atomic E-state index is 0.0381. The lowest BCUT2D eigenvalue weighted by atomic mass is 10.1. The van der Waals surface area contributed by atoms with Crippen molar-refractivity contribution < 1.29 is 22.7 Å². The molecule has 9 heteroatoms. The Hall–Kier alpha value is -2.75. The van der Waals surface area contributed by atoms with Gasteiger partial charge in [0.1, 0.15) is 0 Å². The Morgan fingerprint density at radius 1 is 1.21 bits per heavy atom. The van der Waals surface area contributed by atoms with Gasteiger partial charge in [-0.05, 0) is 30.2 Å². The van der Waals surface area contributed by atoms with E-state index in [0.29, 0.717) is 12.1 Å². The quantitative estimate of drug-likeness (QED) is 0.721. The van der Waals surface area contributed by atoms with E-state index in [4.69, 9.17) is 10.5 Å². The maximum atomic E-state index is 12.8. The van der Waals surface area contributed by atoms with Gasteiger partial charge in [0.05, 0.1) is 18.0 Å². The third-order valence-corrected chi connectivity index (χ3v) is 6.25. The molecule has 29 heavy (non-hydrogen) atoms. The number of morpholine rings is 1. The van der Waals surface area contributed by atoms with Crippen molar-refractivity contribution in [1.29, 1.82) is 0 Å². The van der Waals surface area contributed by atoms with E-state index in [0.717, 1.165) is 5.56 Å². The van der Waals surface area contributed by atoms with Crippen molar-refractivity contribution in [3.05, 3.63) is 65.2 Å². The molecule has 2 amide bonds. The SMILES string of the molecule is Cc1ccc(C(=O)N2CCOC(C(N)=O)C2)cc1S(=O)(=O)NCc1ccccc1. The zero-order valence-electron chi connectivity index (χ0n) is 16.0. The van der Waals surface area contributed by atoms with Gasteiger partial charge in [-0.3, -0.25) is 9.59 Å². The molecule has 2 aromatic carbocycles. The van der Waals surface area contributed by atoms with Crippen LogP contribution >= 0.6 is 0 Å². The minimum Gasteiger partial charge on any atom is -0.367 e. The number of sulfonamides is 1. The van der Waals surface area contributed by atoms with Crippen molar-refractivity contribution >= 4 is 21.8 Å². The summed E-state index contributed by atoms with van der Waals surface area (Å²) in [7, 11) is -3.82. The van der Waals surface area contributed by atoms with Crippen molar-refractivity contribution in [3.8, 4) is 0 Å². The van der Waals surface area contributed by atoms with Crippen molar-refractivity contribution in [2.24, 2.45) is 5.73 Å². The highest BCUT2D eigenvalue weighted by Crippen LogP contribution is 2.20. The Morgan fingerprint density at radius 3 is 2.62 bits per heavy atom. The minimum atomic E-state index is -3.82. The van der Waals surface area contributed by atoms with Crippen molar-refractivity contribution in [2.75, 3.05) is 19.7 Å². The van der Waals surface area contributed by atoms with Gasteiger partial charge in [-0.1, -0.05) is 36.4 Å². The summed E-state index contributed by atoms with van der Waals surface area (Å²) in [6.07, 6.45) is -0.867. The van der Waals surface area contributed by atoms with Crippen LogP contribution in [0.3, 0.4) is 0 Å². The van der Waals surface area contributed by atoms with Crippen molar-refractivity contribution in [1.82, 2.24) is 9.62 Å². The van der Waals surface area contributed by atoms with Gasteiger partial charge in [0, 0.05) is 18.7 Å². The van der Waals surface area contributed by atoms with Crippen LogP contribution in [0, 0.1) is 6.92 Å². The average molecular weight is 417 g/mol. The molecule has 0 aliphatic carbocycles. The number of nitrogens with zero attached hydrogens (tertiary/aromatic N) is 1. The first-order valence-corrected chi connectivity index (χ1v) is 10.6. The zero-order chi connectivity index (χ0) is 21.0. The Morgan fingerprint density at radius 2 is 1.93 bits per heavy atom. The van der Waals surface area contributed by atoms with E-state index in [1.54, 1.807) is 19.1 Å². The highest BCUT2D eigenvalue weighted by atomic mass is 32.2. The molecule has 1 fully saturated rings. The number of hydrogen-bond acceptors (Lipinski definition) is 5. The molecule has 0 saturated carbocycles. The average Bonchev–Trinajstić information content (AvgIpc) is 2.73. The smallest absolute Gasteiger partial charge is 0.254 e. The lowest BCUT2D eigenvalue weighted by Crippen LogP contribution is -2.50. The summed E-state index contributed by atoms with van der Waals surface area (Å²) in [5.74, 6) is -1.01. The number of aryl methyl sites for hydroxylation is 1. The van der Waals surface area contributed by atoms with Crippen LogP contribution in [0.2, 0.25) is 0 Å². The second-order valence-corrected chi connectivity index (χ2v) is 8.54. The molecule has 8 nitrogen and oxygen atoms in total. The van der Waals surface area contributed by atoms with Gasteiger partial charge >= 0.3 is 0 Å². The van der Waals surface area contributed by atoms with Gasteiger partial charge in [-0.2, -0.15) is 0 Å². The Bertz CT molecular complexity index is 1010. The standard InChI is InChI=1S/C20H23N3O5S/c1-14-7-8-16(20(25)23-9-10-28-17(13-23)19(21)24)11-18(14)29(26,27)22-12-15-5-3-2-4-6-15/h2-8,11,17,22H,9-10,12-13H2,1H3,(H2,21,24). The first-order chi connectivity index (χ1) is 13.8. The van der Waals surface area contributed by atoms with Gasteiger partial charge in [0.15, 0.2) is 6.10 Å². The predicted molar refractivity (Wildman–Crippen MR) is 106 cm³/mol. The maximum absolute atomic E-state index is 12.8. The van der Waals surface area contributed by atoms with Gasteiger partial charge < -0.3 is 15.4 Å². The molecule has 1 aliphatic heterocycles. The molecule has 1 aliphatic rings. The Kier molecular flexibility index (Phi) is 6.31. The van der Waals surface area contributed by atoms with E-state index in [1.807, 2.05) is 30.3 Å². The molecule has 1 heterocycles. The molecular weight excluding hydrogens is 394 g/mol. The lowest BCUT2D eigenvalue weighted by Gasteiger charge is -2.31. The second kappa shape index (κ2) is 8.73. The maximum Gasteiger partial charge on any atom is 0.254 e. The summed E-state index contributed by atoms with van der Waals surface area (Å²) in [5.41, 5.74) is 6.84. The van der Waals surface area contributed by atoms with E-state index >= 15 is 0 Å². The van der Waals surface area contributed by atoms with Gasteiger partial charge in [0.25, 0.3) is 5.91 Å². The molecule has 2 aromatic rings. The molecule has 3 rings (SSSR count). The van der Waals surface area contributed by atoms with Gasteiger partial charge in [-0.15, -0.1) is 0 Å². The lowest BCUT2D eigenvalue weighted by molar-refractivity contribution is -0.133. The summed E-state index contributed by atoms with van der Waals surface area (Å²) in [5, 5.41) is 0. The number of ether oxygens (including phenoxy) is 1. The van der Waals surface area contributed by atoms with E-state index in [9.17, 15) is 18.0 Å². The Balaban J connectivity index is 1.80. The van der Waals surface area contributed by atoms with Crippen LogP contribution in [0.15, 0.2) is 53.4 Å². The van der Waals surface area contributed by atoms with E-state index in [-0.39, 0.29) is 36.1 Å². The number of primary amides is 1. The molecule has 1 atom stereocenters. The topological polar surface area (TPSA) is 119 Å². The highest BCUT2D eigenvalue weighted by molar-refractivity contribution is 7.89. The van der Waals surface area contributed by atoms with Crippen LogP contribution < -0.4 is 10.5 Å². The molecule has 1 saturated heterocycles. The number of nitrogens with two attached hydrogens (primary N) is 1. The van der Waals surface area contributed by atoms with Gasteiger partial charge in [-0.25, -0.2) is 13.1 Å². The van der Waals surface area contributed by atoms with Gasteiger partial charge in [0.2, 0.25) is 15.9 Å². The van der Waals surface area contributed by atoms with Crippen molar-refractivity contribution in [3.63, 3.8) is 0 Å². The fourth-order valence-corrected chi connectivity index (χ4v) is 4.35. The van der Waals surface area contributed by atoms with E-state index in [1.165, 1.54) is 11.0 Å². The first-order valence-electron chi connectivity index (χ1n) is 9.12. The van der Waals surface area contributed by atoms with E-state index < -0.39 is 22.0 Å². The summed E-state index contributed by atoms with van der Waals surface area (Å²) in [4.78, 5) is 25.7. The molecule has 0 bridgehead atoms. The number of nitrogens with one attached hydrogen (secondary N) is 1. The van der Waals surface area contributed by atoms with Crippen LogP contribution in [0.1, 0.15) is 21.5 Å². The third kappa shape index (κ3) is 5.00. The van der Waals surface area contributed by atoms with Crippen LogP contribution in [-0.2, 0) is 26.1 Å². The number of amides is 2. The van der Waals surface area contributed by atoms with Crippen LogP contribution in [-0.4, -0.2) is 50.9 Å². The number of carbonyl (C=O) groups excluding carboxylic acids is 2. The number of hydrogen-bond donors (Lipinski definition) is 2. The fraction of sp³-hybridized carbons (Fsp3) is 0.300. The Labute approximate surface area is 169 Å². The normalized spacial score (nSPS) is 17.1. The molecule has 0 spiro atoms. The molecule has 154 valence electrons. The molecule has 1 unspecified atom stereocenters. The molecule has 3 N–H and O–H groups in total. The molecule has 0 radical (unpaired) electrons. The fourth-order valence-electron chi connectivity index (χ4n) is 3.06. The molecule has 0 aromatic heterocycles. The number of carbonyl (C=O) groups is 2. The summed E-state index contributed by atoms with van der Waals surface area (Å²) >= 11 is 0. The summed E-state index contributed by atoms with van der Waals surface area (Å²) in [6.45, 7) is 2.34. The molecular formula is C20H23N3O5S. The van der Waals surface area contributed by atoms with Crippen molar-refractivity contribution in [2.45, 2.75) is 24.5 Å². The number of rotatable bonds is 6. The highest BCUT2D eigenvalue weighted by Gasteiger charge is 2.29. The summed E-state index contributed by atoms with van der Waals surface area (Å²) in [6, 6.07) is 13.7. The number of benzene rings is 2. The largest absolute Gasteiger partial charge is 0.367 e. The van der Waals surface area contributed by atoms with Crippen LogP contribution in [0.4, 0.5) is 0 Å². The zero-order valence-corrected chi connectivity index (χ0v) is 16.8. The first kappa shape index (κ1) is 21.0. The second-order valence-electron chi connectivity index (χ2n) is 6.80. The predicted octanol–water partition coefficient (Wildman–Crippen LogP) is 0.800. The summed E-state index contributed by atoms with van der Waals surface area (Å²) < 4.78 is 33.4. The third-order valence-electron chi connectivity index (χ3n) is 4.70.